The second kappa shape index (κ2) is 9.61. The van der Waals surface area contributed by atoms with E-state index in [1.54, 1.807) is 24.3 Å². The van der Waals surface area contributed by atoms with Gasteiger partial charge in [-0.2, -0.15) is 0 Å². The van der Waals surface area contributed by atoms with Crippen LogP contribution in [0.2, 0.25) is 0 Å². The van der Waals surface area contributed by atoms with Crippen LogP contribution in [0.15, 0.2) is 48.0 Å². The lowest BCUT2D eigenvalue weighted by molar-refractivity contribution is -0.127. The van der Waals surface area contributed by atoms with Gasteiger partial charge < -0.3 is 14.2 Å². The first-order valence-electron chi connectivity index (χ1n) is 9.73. The SMILES string of the molecule is CCCN1C(=O)/C(=C/c2c(OC)cc(OC)cc2OC)C(=O)N(c2ccccc2)C1=S. The third-order valence-electron chi connectivity index (χ3n) is 4.83. The van der Waals surface area contributed by atoms with E-state index < -0.39 is 11.8 Å². The second-order valence-electron chi connectivity index (χ2n) is 6.72. The van der Waals surface area contributed by atoms with Crippen molar-refractivity contribution in [2.45, 2.75) is 13.3 Å². The first kappa shape index (κ1) is 22.3. The van der Waals surface area contributed by atoms with Gasteiger partial charge in [0, 0.05) is 18.7 Å². The van der Waals surface area contributed by atoms with Crippen molar-refractivity contribution in [3.05, 3.63) is 53.6 Å². The molecule has 0 aromatic heterocycles. The maximum Gasteiger partial charge on any atom is 0.270 e. The molecule has 0 unspecified atom stereocenters. The van der Waals surface area contributed by atoms with E-state index in [0.29, 0.717) is 41.5 Å². The number of rotatable bonds is 7. The minimum absolute atomic E-state index is 0.0346. The predicted molar refractivity (Wildman–Crippen MR) is 123 cm³/mol. The van der Waals surface area contributed by atoms with Crippen molar-refractivity contribution >= 4 is 40.9 Å². The van der Waals surface area contributed by atoms with Gasteiger partial charge in [0.15, 0.2) is 5.11 Å². The van der Waals surface area contributed by atoms with E-state index in [9.17, 15) is 9.59 Å². The maximum atomic E-state index is 13.4. The van der Waals surface area contributed by atoms with Gasteiger partial charge >= 0.3 is 0 Å². The van der Waals surface area contributed by atoms with Gasteiger partial charge in [0.25, 0.3) is 11.8 Å². The minimum Gasteiger partial charge on any atom is -0.496 e. The number of carbonyl (C=O) groups excluding carboxylic acids is 2. The normalized spacial score (nSPS) is 15.5. The summed E-state index contributed by atoms with van der Waals surface area (Å²) in [6, 6.07) is 12.3. The summed E-state index contributed by atoms with van der Waals surface area (Å²) in [5.41, 5.74) is 1.01. The number of carbonyl (C=O) groups is 2. The van der Waals surface area contributed by atoms with Crippen molar-refractivity contribution in [3.8, 4) is 17.2 Å². The van der Waals surface area contributed by atoms with Gasteiger partial charge in [0.2, 0.25) is 0 Å². The third kappa shape index (κ3) is 4.25. The molecule has 0 aliphatic carbocycles. The number of benzene rings is 2. The van der Waals surface area contributed by atoms with Crippen molar-refractivity contribution in [3.63, 3.8) is 0 Å². The Labute approximate surface area is 186 Å². The summed E-state index contributed by atoms with van der Waals surface area (Å²) in [4.78, 5) is 29.5. The van der Waals surface area contributed by atoms with E-state index in [1.165, 1.54) is 37.2 Å². The van der Waals surface area contributed by atoms with Gasteiger partial charge in [-0.15, -0.1) is 0 Å². The van der Waals surface area contributed by atoms with Gasteiger partial charge in [0.1, 0.15) is 22.8 Å². The van der Waals surface area contributed by atoms with Crippen LogP contribution >= 0.6 is 12.2 Å². The van der Waals surface area contributed by atoms with Crippen LogP contribution in [-0.4, -0.2) is 49.7 Å². The molecular weight excluding hydrogens is 416 g/mol. The number of methoxy groups -OCH3 is 3. The van der Waals surface area contributed by atoms with E-state index in [1.807, 2.05) is 25.1 Å². The standard InChI is InChI=1S/C23H24N2O5S/c1-5-11-24-21(26)18(22(27)25(23(24)31)15-9-7-6-8-10-15)14-17-19(29-3)12-16(28-2)13-20(17)30-4/h6-10,12-14H,5,11H2,1-4H3/b18-14-. The Bertz CT molecular complexity index is 1010. The molecule has 0 saturated carbocycles. The Morgan fingerprint density at radius 2 is 1.55 bits per heavy atom. The summed E-state index contributed by atoms with van der Waals surface area (Å²) >= 11 is 5.51. The van der Waals surface area contributed by atoms with Gasteiger partial charge in [-0.05, 0) is 36.8 Å². The molecule has 162 valence electrons. The molecule has 0 atom stereocenters. The highest BCUT2D eigenvalue weighted by atomic mass is 32.1. The van der Waals surface area contributed by atoms with Crippen molar-refractivity contribution in [1.82, 2.24) is 4.90 Å². The van der Waals surface area contributed by atoms with Crippen LogP contribution < -0.4 is 19.1 Å². The molecule has 8 heteroatoms. The van der Waals surface area contributed by atoms with Gasteiger partial charge in [-0.25, -0.2) is 0 Å². The van der Waals surface area contributed by atoms with Crippen LogP contribution in [0.1, 0.15) is 18.9 Å². The molecular formula is C23H24N2O5S. The third-order valence-corrected chi connectivity index (χ3v) is 5.24. The molecule has 0 spiro atoms. The highest BCUT2D eigenvalue weighted by Crippen LogP contribution is 2.37. The number of amides is 2. The molecule has 0 bridgehead atoms. The Morgan fingerprint density at radius 1 is 0.935 bits per heavy atom. The fourth-order valence-corrected chi connectivity index (χ4v) is 3.68. The van der Waals surface area contributed by atoms with Crippen LogP contribution in [-0.2, 0) is 9.59 Å². The zero-order valence-corrected chi connectivity index (χ0v) is 18.7. The zero-order valence-electron chi connectivity index (χ0n) is 17.9. The van der Waals surface area contributed by atoms with Crippen LogP contribution in [0.25, 0.3) is 6.08 Å². The number of hydrogen-bond acceptors (Lipinski definition) is 6. The molecule has 31 heavy (non-hydrogen) atoms. The first-order chi connectivity index (χ1) is 15.0. The lowest BCUT2D eigenvalue weighted by atomic mass is 10.0. The number of para-hydroxylation sites is 1. The largest absolute Gasteiger partial charge is 0.496 e. The van der Waals surface area contributed by atoms with Gasteiger partial charge in [-0.1, -0.05) is 25.1 Å². The first-order valence-corrected chi connectivity index (χ1v) is 10.1. The quantitative estimate of drug-likeness (QED) is 0.372. The van der Waals surface area contributed by atoms with E-state index >= 15 is 0 Å². The monoisotopic (exact) mass is 440 g/mol. The van der Waals surface area contributed by atoms with Crippen LogP contribution in [0.3, 0.4) is 0 Å². The molecule has 7 nitrogen and oxygen atoms in total. The Balaban J connectivity index is 2.19. The average Bonchev–Trinajstić information content (AvgIpc) is 2.79. The number of nitrogens with zero attached hydrogens (tertiary/aromatic N) is 2. The lowest BCUT2D eigenvalue weighted by Crippen LogP contribution is -2.56. The fourth-order valence-electron chi connectivity index (χ4n) is 3.32. The summed E-state index contributed by atoms with van der Waals surface area (Å²) < 4.78 is 16.2. The molecule has 2 amide bonds. The van der Waals surface area contributed by atoms with E-state index in [2.05, 4.69) is 0 Å². The number of thiocarbonyl (C=S) groups is 1. The zero-order chi connectivity index (χ0) is 22.5. The number of anilines is 1. The summed E-state index contributed by atoms with van der Waals surface area (Å²) in [5.74, 6) is 0.380. The molecule has 2 aromatic carbocycles. The van der Waals surface area contributed by atoms with E-state index in [0.717, 1.165) is 0 Å². The topological polar surface area (TPSA) is 68.3 Å². The second-order valence-corrected chi connectivity index (χ2v) is 7.08. The molecule has 1 aliphatic heterocycles. The fraction of sp³-hybridized carbons (Fsp3) is 0.261. The Hall–Kier alpha value is -3.39. The van der Waals surface area contributed by atoms with Crippen LogP contribution in [0.5, 0.6) is 17.2 Å². The molecule has 0 radical (unpaired) electrons. The summed E-state index contributed by atoms with van der Waals surface area (Å²) in [6.45, 7) is 2.33. The maximum absolute atomic E-state index is 13.4. The molecule has 1 heterocycles. The molecule has 3 rings (SSSR count). The van der Waals surface area contributed by atoms with Crippen LogP contribution in [0.4, 0.5) is 5.69 Å². The number of ether oxygens (including phenoxy) is 3. The van der Waals surface area contributed by atoms with Gasteiger partial charge in [-0.3, -0.25) is 19.4 Å². The van der Waals surface area contributed by atoms with Crippen molar-refractivity contribution in [1.29, 1.82) is 0 Å². The highest BCUT2D eigenvalue weighted by Gasteiger charge is 2.40. The summed E-state index contributed by atoms with van der Waals surface area (Å²) in [7, 11) is 4.52. The van der Waals surface area contributed by atoms with E-state index in [4.69, 9.17) is 26.4 Å². The van der Waals surface area contributed by atoms with Crippen molar-refractivity contribution in [2.24, 2.45) is 0 Å². The summed E-state index contributed by atoms with van der Waals surface area (Å²) in [5, 5.41) is 0.161. The highest BCUT2D eigenvalue weighted by molar-refractivity contribution is 7.80. The average molecular weight is 441 g/mol. The molecule has 0 N–H and O–H groups in total. The van der Waals surface area contributed by atoms with Crippen molar-refractivity contribution in [2.75, 3.05) is 32.8 Å². The smallest absolute Gasteiger partial charge is 0.270 e. The lowest BCUT2D eigenvalue weighted by Gasteiger charge is -2.36. The minimum atomic E-state index is -0.506. The molecule has 1 aliphatic rings. The predicted octanol–water partition coefficient (Wildman–Crippen LogP) is 3.67. The number of hydrogen-bond donors (Lipinski definition) is 0. The Morgan fingerprint density at radius 3 is 2.06 bits per heavy atom. The Kier molecular flexibility index (Phi) is 6.91. The van der Waals surface area contributed by atoms with Gasteiger partial charge in [0.05, 0.1) is 32.6 Å². The molecule has 2 aromatic rings. The van der Waals surface area contributed by atoms with Crippen molar-refractivity contribution < 1.29 is 23.8 Å². The molecule has 1 saturated heterocycles. The van der Waals surface area contributed by atoms with Crippen LogP contribution in [0, 0.1) is 0 Å². The van der Waals surface area contributed by atoms with E-state index in [-0.39, 0.29) is 10.7 Å². The molecule has 1 fully saturated rings. The summed E-state index contributed by atoms with van der Waals surface area (Å²) in [6.07, 6.45) is 2.17.